The Morgan fingerprint density at radius 3 is 2.75 bits per heavy atom. The number of aromatic nitrogens is 2. The second-order valence-corrected chi connectivity index (χ2v) is 6.54. The van der Waals surface area contributed by atoms with Gasteiger partial charge in [0.2, 0.25) is 0 Å². The molecule has 0 atom stereocenters. The highest BCUT2D eigenvalue weighted by Gasteiger charge is 2.22. The van der Waals surface area contributed by atoms with Gasteiger partial charge >= 0.3 is 6.09 Å². The molecule has 7 nitrogen and oxygen atoms in total. The van der Waals surface area contributed by atoms with E-state index in [9.17, 15) is 9.59 Å². The lowest BCUT2D eigenvalue weighted by molar-refractivity contribution is 0.0775. The molecule has 1 amide bonds. The maximum Gasteiger partial charge on any atom is 0.409 e. The smallest absolute Gasteiger partial charge is 0.409 e. The number of pyridine rings is 1. The van der Waals surface area contributed by atoms with Crippen LogP contribution in [0.15, 0.2) is 33.7 Å². The predicted octanol–water partition coefficient (Wildman–Crippen LogP) is 1.73. The number of ether oxygens (including phenoxy) is 1. The number of piperazine rings is 1. The van der Waals surface area contributed by atoms with Gasteiger partial charge in [0.1, 0.15) is 5.65 Å². The van der Waals surface area contributed by atoms with E-state index in [2.05, 4.69) is 25.8 Å². The molecule has 0 unspecified atom stereocenters. The van der Waals surface area contributed by atoms with Crippen molar-refractivity contribution in [3.05, 3.63) is 44.9 Å². The maximum absolute atomic E-state index is 12.2. The lowest BCUT2D eigenvalue weighted by atomic mass is 10.3. The molecule has 0 aliphatic carbocycles. The van der Waals surface area contributed by atoms with E-state index in [1.165, 1.54) is 4.40 Å². The molecular formula is C16H19BrN4O3. The second kappa shape index (κ2) is 7.31. The molecule has 0 spiro atoms. The monoisotopic (exact) mass is 394 g/mol. The topological polar surface area (TPSA) is 67.2 Å². The standard InChI is InChI=1S/C16H19BrN4O3/c1-2-24-16(23)20-7-5-19(6-8-20)11-13-9-15(22)21-10-12(17)3-4-14(21)18-13/h3-4,9-10H,2,5-8,11H2,1H3. The molecule has 2 aromatic heterocycles. The number of hydrogen-bond acceptors (Lipinski definition) is 5. The van der Waals surface area contributed by atoms with Crippen molar-refractivity contribution in [2.75, 3.05) is 32.8 Å². The fourth-order valence-corrected chi connectivity index (χ4v) is 3.08. The number of halogens is 1. The average molecular weight is 395 g/mol. The molecule has 128 valence electrons. The Labute approximate surface area is 148 Å². The first kappa shape index (κ1) is 16.9. The Kier molecular flexibility index (Phi) is 5.15. The molecule has 24 heavy (non-hydrogen) atoms. The largest absolute Gasteiger partial charge is 0.450 e. The quantitative estimate of drug-likeness (QED) is 0.792. The van der Waals surface area contributed by atoms with Crippen LogP contribution >= 0.6 is 15.9 Å². The van der Waals surface area contributed by atoms with Gasteiger partial charge in [-0.2, -0.15) is 0 Å². The van der Waals surface area contributed by atoms with Crippen LogP contribution in [0.2, 0.25) is 0 Å². The minimum absolute atomic E-state index is 0.0959. The van der Waals surface area contributed by atoms with Crippen molar-refractivity contribution in [2.24, 2.45) is 0 Å². The first-order chi connectivity index (χ1) is 11.6. The van der Waals surface area contributed by atoms with Gasteiger partial charge in [0.05, 0.1) is 12.3 Å². The summed E-state index contributed by atoms with van der Waals surface area (Å²) in [6.45, 7) is 5.51. The summed E-state index contributed by atoms with van der Waals surface area (Å²) < 4.78 is 7.37. The first-order valence-electron chi connectivity index (χ1n) is 7.88. The van der Waals surface area contributed by atoms with E-state index in [1.54, 1.807) is 24.1 Å². The number of fused-ring (bicyclic) bond motifs is 1. The molecule has 1 aliphatic heterocycles. The molecule has 2 aromatic rings. The number of amides is 1. The molecule has 3 heterocycles. The normalized spacial score (nSPS) is 15.7. The Morgan fingerprint density at radius 2 is 2.04 bits per heavy atom. The van der Waals surface area contributed by atoms with Gasteiger partial charge in [-0.05, 0) is 35.0 Å². The Balaban J connectivity index is 1.67. The molecule has 3 rings (SSSR count). The van der Waals surface area contributed by atoms with E-state index in [1.807, 2.05) is 12.1 Å². The number of carbonyl (C=O) groups is 1. The van der Waals surface area contributed by atoms with Crippen LogP contribution < -0.4 is 5.56 Å². The third-order valence-corrected chi connectivity index (χ3v) is 4.43. The summed E-state index contributed by atoms with van der Waals surface area (Å²) in [5.41, 5.74) is 1.28. The van der Waals surface area contributed by atoms with Gasteiger partial charge in [-0.3, -0.25) is 14.1 Å². The van der Waals surface area contributed by atoms with E-state index in [0.29, 0.717) is 31.9 Å². The van der Waals surface area contributed by atoms with Crippen LogP contribution in [0.1, 0.15) is 12.6 Å². The lowest BCUT2D eigenvalue weighted by Crippen LogP contribution is -2.48. The van der Waals surface area contributed by atoms with Crippen LogP contribution in [0.3, 0.4) is 0 Å². The molecule has 1 aliphatic rings. The highest BCUT2D eigenvalue weighted by Crippen LogP contribution is 2.11. The molecule has 0 aromatic carbocycles. The van der Waals surface area contributed by atoms with Crippen molar-refractivity contribution < 1.29 is 9.53 Å². The van der Waals surface area contributed by atoms with Crippen molar-refractivity contribution in [3.63, 3.8) is 0 Å². The lowest BCUT2D eigenvalue weighted by Gasteiger charge is -2.33. The highest BCUT2D eigenvalue weighted by molar-refractivity contribution is 9.10. The summed E-state index contributed by atoms with van der Waals surface area (Å²) in [4.78, 5) is 32.4. The summed E-state index contributed by atoms with van der Waals surface area (Å²) >= 11 is 3.35. The van der Waals surface area contributed by atoms with Gasteiger partial charge in [0.15, 0.2) is 0 Å². The zero-order valence-corrected chi connectivity index (χ0v) is 15.0. The fourth-order valence-electron chi connectivity index (χ4n) is 2.74. The Bertz CT molecular complexity index is 799. The van der Waals surface area contributed by atoms with E-state index >= 15 is 0 Å². The minimum Gasteiger partial charge on any atom is -0.450 e. The van der Waals surface area contributed by atoms with Crippen LogP contribution in [0, 0.1) is 0 Å². The Morgan fingerprint density at radius 1 is 1.29 bits per heavy atom. The Hall–Kier alpha value is -1.93. The number of rotatable bonds is 3. The molecule has 0 radical (unpaired) electrons. The van der Waals surface area contributed by atoms with Crippen molar-refractivity contribution in [3.8, 4) is 0 Å². The molecule has 0 N–H and O–H groups in total. The highest BCUT2D eigenvalue weighted by atomic mass is 79.9. The van der Waals surface area contributed by atoms with Crippen LogP contribution in [0.4, 0.5) is 4.79 Å². The summed E-state index contributed by atoms with van der Waals surface area (Å²) in [6, 6.07) is 5.24. The fraction of sp³-hybridized carbons (Fsp3) is 0.438. The zero-order valence-electron chi connectivity index (χ0n) is 13.4. The van der Waals surface area contributed by atoms with Gasteiger partial charge in [-0.1, -0.05) is 0 Å². The summed E-state index contributed by atoms with van der Waals surface area (Å²) in [5, 5.41) is 0. The average Bonchev–Trinajstić information content (AvgIpc) is 2.56. The van der Waals surface area contributed by atoms with E-state index < -0.39 is 0 Å². The van der Waals surface area contributed by atoms with Crippen LogP contribution in [0.5, 0.6) is 0 Å². The van der Waals surface area contributed by atoms with Crippen LogP contribution in [-0.4, -0.2) is 58.1 Å². The van der Waals surface area contributed by atoms with E-state index in [-0.39, 0.29) is 11.7 Å². The van der Waals surface area contributed by atoms with Gasteiger partial charge < -0.3 is 9.64 Å². The molecular weight excluding hydrogens is 376 g/mol. The van der Waals surface area contributed by atoms with E-state index in [4.69, 9.17) is 4.74 Å². The third kappa shape index (κ3) is 3.76. The third-order valence-electron chi connectivity index (χ3n) is 3.96. The van der Waals surface area contributed by atoms with Gasteiger partial charge in [0, 0.05) is 49.5 Å². The molecule has 0 bridgehead atoms. The first-order valence-corrected chi connectivity index (χ1v) is 8.68. The number of hydrogen-bond donors (Lipinski definition) is 0. The second-order valence-electron chi connectivity index (χ2n) is 5.62. The van der Waals surface area contributed by atoms with Crippen molar-refractivity contribution >= 4 is 27.7 Å². The summed E-state index contributed by atoms with van der Waals surface area (Å²) in [5.74, 6) is 0. The maximum atomic E-state index is 12.2. The van der Waals surface area contributed by atoms with Crippen LogP contribution in [-0.2, 0) is 11.3 Å². The minimum atomic E-state index is -0.259. The summed E-state index contributed by atoms with van der Waals surface area (Å²) in [7, 11) is 0. The van der Waals surface area contributed by atoms with E-state index in [0.717, 1.165) is 23.3 Å². The van der Waals surface area contributed by atoms with Gasteiger partial charge in [-0.25, -0.2) is 9.78 Å². The molecule has 0 saturated carbocycles. The predicted molar refractivity (Wildman–Crippen MR) is 93.0 cm³/mol. The molecule has 1 fully saturated rings. The van der Waals surface area contributed by atoms with Gasteiger partial charge in [0.25, 0.3) is 5.56 Å². The van der Waals surface area contributed by atoms with Crippen LogP contribution in [0.25, 0.3) is 5.65 Å². The van der Waals surface area contributed by atoms with Crippen molar-refractivity contribution in [1.29, 1.82) is 0 Å². The zero-order chi connectivity index (χ0) is 17.1. The summed E-state index contributed by atoms with van der Waals surface area (Å²) in [6.07, 6.45) is 1.46. The molecule has 8 heteroatoms. The number of nitrogens with zero attached hydrogens (tertiary/aromatic N) is 4. The van der Waals surface area contributed by atoms with Gasteiger partial charge in [-0.15, -0.1) is 0 Å². The number of carbonyl (C=O) groups excluding carboxylic acids is 1. The molecule has 1 saturated heterocycles. The van der Waals surface area contributed by atoms with Crippen molar-refractivity contribution in [1.82, 2.24) is 19.2 Å². The SMILES string of the molecule is CCOC(=O)N1CCN(Cc2cc(=O)n3cc(Br)ccc3n2)CC1. The van der Waals surface area contributed by atoms with Crippen molar-refractivity contribution in [2.45, 2.75) is 13.5 Å².